The Morgan fingerprint density at radius 3 is 1.76 bits per heavy atom. The summed E-state index contributed by atoms with van der Waals surface area (Å²) in [5.74, 6) is 2.36. The number of likely N-dealkylation sites (tertiary alicyclic amines) is 2. The lowest BCUT2D eigenvalue weighted by Gasteiger charge is -2.39. The van der Waals surface area contributed by atoms with Crippen LogP contribution < -0.4 is 0 Å². The lowest BCUT2D eigenvalue weighted by molar-refractivity contribution is -0.143. The van der Waals surface area contributed by atoms with Crippen LogP contribution in [0.2, 0.25) is 0 Å². The molecule has 2 atom stereocenters. The minimum Gasteiger partial charge on any atom is -0.342 e. The van der Waals surface area contributed by atoms with Crippen molar-refractivity contribution in [2.75, 3.05) is 26.2 Å². The van der Waals surface area contributed by atoms with Gasteiger partial charge in [0.05, 0.1) is 0 Å². The van der Waals surface area contributed by atoms with E-state index < -0.39 is 0 Å². The second-order valence-corrected chi connectivity index (χ2v) is 7.56. The highest BCUT2D eigenvalue weighted by Crippen LogP contribution is 2.33. The standard InChI is InChI=1S/C17H28N2O2/c1-12-9-13(2)11-19(10-12)17(21)15-5-7-18(8-6-15)16(20)14-3-4-14/h12-15H,3-11H2,1-2H3. The highest BCUT2D eigenvalue weighted by Gasteiger charge is 2.37. The highest BCUT2D eigenvalue weighted by atomic mass is 16.2. The Bertz CT molecular complexity index is 401. The van der Waals surface area contributed by atoms with Gasteiger partial charge >= 0.3 is 0 Å². The second kappa shape index (κ2) is 5.98. The molecular weight excluding hydrogens is 264 g/mol. The topological polar surface area (TPSA) is 40.6 Å². The number of rotatable bonds is 2. The van der Waals surface area contributed by atoms with Crippen LogP contribution in [0.4, 0.5) is 0 Å². The van der Waals surface area contributed by atoms with E-state index in [0.29, 0.717) is 29.6 Å². The van der Waals surface area contributed by atoms with E-state index >= 15 is 0 Å². The largest absolute Gasteiger partial charge is 0.342 e. The molecule has 3 aliphatic rings. The first-order valence-electron chi connectivity index (χ1n) is 8.62. The molecule has 0 aromatic carbocycles. The molecule has 0 aromatic heterocycles. The first kappa shape index (κ1) is 14.9. The van der Waals surface area contributed by atoms with Crippen molar-refractivity contribution in [3.05, 3.63) is 0 Å². The number of nitrogens with zero attached hydrogens (tertiary/aromatic N) is 2. The molecule has 2 saturated heterocycles. The molecule has 2 heterocycles. The SMILES string of the molecule is CC1CC(C)CN(C(=O)C2CCN(C(=O)C3CC3)CC2)C1. The number of carbonyl (C=O) groups excluding carboxylic acids is 2. The summed E-state index contributed by atoms with van der Waals surface area (Å²) in [6, 6.07) is 0. The van der Waals surface area contributed by atoms with Gasteiger partial charge in [0.1, 0.15) is 0 Å². The maximum atomic E-state index is 12.7. The fraction of sp³-hybridized carbons (Fsp3) is 0.882. The molecule has 1 saturated carbocycles. The first-order chi connectivity index (χ1) is 10.0. The van der Waals surface area contributed by atoms with Crippen LogP contribution in [0, 0.1) is 23.7 Å². The Hall–Kier alpha value is -1.06. The summed E-state index contributed by atoms with van der Waals surface area (Å²) >= 11 is 0. The molecule has 0 bridgehead atoms. The Balaban J connectivity index is 1.51. The van der Waals surface area contributed by atoms with Crippen LogP contribution in [-0.4, -0.2) is 47.8 Å². The number of hydrogen-bond acceptors (Lipinski definition) is 2. The van der Waals surface area contributed by atoms with Crippen LogP contribution in [-0.2, 0) is 9.59 Å². The number of hydrogen-bond donors (Lipinski definition) is 0. The van der Waals surface area contributed by atoms with E-state index in [1.165, 1.54) is 6.42 Å². The summed E-state index contributed by atoms with van der Waals surface area (Å²) in [6.45, 7) is 7.89. The quantitative estimate of drug-likeness (QED) is 0.782. The molecule has 2 unspecified atom stereocenters. The van der Waals surface area contributed by atoms with Gasteiger partial charge in [-0.1, -0.05) is 13.8 Å². The van der Waals surface area contributed by atoms with Crippen molar-refractivity contribution in [3.63, 3.8) is 0 Å². The van der Waals surface area contributed by atoms with Gasteiger partial charge in [0.2, 0.25) is 11.8 Å². The minimum atomic E-state index is 0.144. The van der Waals surface area contributed by atoms with Gasteiger partial charge in [0.25, 0.3) is 0 Å². The van der Waals surface area contributed by atoms with E-state index in [9.17, 15) is 9.59 Å². The third-order valence-corrected chi connectivity index (χ3v) is 5.26. The van der Waals surface area contributed by atoms with Crippen molar-refractivity contribution in [2.24, 2.45) is 23.7 Å². The maximum Gasteiger partial charge on any atom is 0.225 e. The van der Waals surface area contributed by atoms with Gasteiger partial charge in [-0.2, -0.15) is 0 Å². The van der Waals surface area contributed by atoms with Crippen LogP contribution in [0.1, 0.15) is 46.0 Å². The van der Waals surface area contributed by atoms with E-state index in [4.69, 9.17) is 0 Å². The summed E-state index contributed by atoms with van der Waals surface area (Å²) in [5, 5.41) is 0. The van der Waals surface area contributed by atoms with Crippen molar-refractivity contribution < 1.29 is 9.59 Å². The molecule has 0 N–H and O–H groups in total. The molecule has 4 nitrogen and oxygen atoms in total. The predicted molar refractivity (Wildman–Crippen MR) is 81.6 cm³/mol. The summed E-state index contributed by atoms with van der Waals surface area (Å²) in [5.41, 5.74) is 0. The number of carbonyl (C=O) groups is 2. The molecule has 0 radical (unpaired) electrons. The van der Waals surface area contributed by atoms with Gasteiger partial charge in [0, 0.05) is 38.0 Å². The molecule has 2 amide bonds. The molecule has 3 rings (SSSR count). The smallest absolute Gasteiger partial charge is 0.225 e. The predicted octanol–water partition coefficient (Wildman–Crippen LogP) is 2.14. The molecule has 118 valence electrons. The van der Waals surface area contributed by atoms with Gasteiger partial charge < -0.3 is 9.80 Å². The average Bonchev–Trinajstić information content (AvgIpc) is 3.29. The summed E-state index contributed by atoms with van der Waals surface area (Å²) in [4.78, 5) is 28.8. The Labute approximate surface area is 127 Å². The number of piperidine rings is 2. The van der Waals surface area contributed by atoms with Gasteiger partial charge in [0.15, 0.2) is 0 Å². The maximum absolute atomic E-state index is 12.7. The summed E-state index contributed by atoms with van der Waals surface area (Å²) < 4.78 is 0. The normalized spacial score (nSPS) is 31.3. The molecular formula is C17H28N2O2. The van der Waals surface area contributed by atoms with E-state index in [2.05, 4.69) is 18.7 Å². The molecule has 4 heteroatoms. The average molecular weight is 292 g/mol. The fourth-order valence-electron chi connectivity index (χ4n) is 4.04. The third-order valence-electron chi connectivity index (χ3n) is 5.26. The second-order valence-electron chi connectivity index (χ2n) is 7.56. The third kappa shape index (κ3) is 3.41. The monoisotopic (exact) mass is 292 g/mol. The highest BCUT2D eigenvalue weighted by molar-refractivity contribution is 5.82. The van der Waals surface area contributed by atoms with Crippen LogP contribution >= 0.6 is 0 Å². The van der Waals surface area contributed by atoms with Crippen LogP contribution in [0.5, 0.6) is 0 Å². The minimum absolute atomic E-state index is 0.144. The van der Waals surface area contributed by atoms with Gasteiger partial charge in [-0.3, -0.25) is 9.59 Å². The van der Waals surface area contributed by atoms with Crippen LogP contribution in [0.25, 0.3) is 0 Å². The molecule has 21 heavy (non-hydrogen) atoms. The molecule has 3 fully saturated rings. The fourth-order valence-corrected chi connectivity index (χ4v) is 4.04. The van der Waals surface area contributed by atoms with Crippen LogP contribution in [0.15, 0.2) is 0 Å². The van der Waals surface area contributed by atoms with E-state index in [-0.39, 0.29) is 5.92 Å². The van der Waals surface area contributed by atoms with Crippen LogP contribution in [0.3, 0.4) is 0 Å². The van der Waals surface area contributed by atoms with Crippen molar-refractivity contribution in [1.82, 2.24) is 9.80 Å². The summed E-state index contributed by atoms with van der Waals surface area (Å²) in [6.07, 6.45) is 5.09. The zero-order valence-corrected chi connectivity index (χ0v) is 13.4. The van der Waals surface area contributed by atoms with Crippen molar-refractivity contribution in [3.8, 4) is 0 Å². The van der Waals surface area contributed by atoms with Crippen molar-refractivity contribution in [1.29, 1.82) is 0 Å². The van der Waals surface area contributed by atoms with Gasteiger partial charge in [-0.15, -0.1) is 0 Å². The number of amides is 2. The molecule has 0 aromatic rings. The molecule has 1 aliphatic carbocycles. The Morgan fingerprint density at radius 2 is 1.24 bits per heavy atom. The molecule has 2 aliphatic heterocycles. The first-order valence-corrected chi connectivity index (χ1v) is 8.62. The van der Waals surface area contributed by atoms with E-state index in [1.54, 1.807) is 0 Å². The van der Waals surface area contributed by atoms with Crippen molar-refractivity contribution in [2.45, 2.75) is 46.0 Å². The van der Waals surface area contributed by atoms with Gasteiger partial charge in [-0.25, -0.2) is 0 Å². The summed E-state index contributed by atoms with van der Waals surface area (Å²) in [7, 11) is 0. The lowest BCUT2D eigenvalue weighted by atomic mass is 9.89. The van der Waals surface area contributed by atoms with E-state index in [0.717, 1.165) is 51.9 Å². The Kier molecular flexibility index (Phi) is 4.23. The zero-order chi connectivity index (χ0) is 15.0. The Morgan fingerprint density at radius 1 is 0.762 bits per heavy atom. The lowest BCUT2D eigenvalue weighted by Crippen LogP contribution is -2.48. The van der Waals surface area contributed by atoms with Gasteiger partial charge in [-0.05, 0) is 43.9 Å². The zero-order valence-electron chi connectivity index (χ0n) is 13.4. The van der Waals surface area contributed by atoms with Crippen molar-refractivity contribution >= 4 is 11.8 Å². The van der Waals surface area contributed by atoms with E-state index in [1.807, 2.05) is 4.90 Å². The molecule has 0 spiro atoms.